The highest BCUT2D eigenvalue weighted by Crippen LogP contribution is 2.28. The molecule has 0 saturated heterocycles. The lowest BCUT2D eigenvalue weighted by Gasteiger charge is -2.07. The summed E-state index contributed by atoms with van der Waals surface area (Å²) in [5, 5.41) is 0. The molecular formula is C17H15N3O. The average molecular weight is 277 g/mol. The van der Waals surface area contributed by atoms with Crippen LogP contribution in [0.3, 0.4) is 0 Å². The topological polar surface area (TPSA) is 43.3 Å². The molecule has 3 aromatic heterocycles. The highest BCUT2D eigenvalue weighted by molar-refractivity contribution is 5.77. The van der Waals surface area contributed by atoms with Gasteiger partial charge >= 0.3 is 0 Å². The van der Waals surface area contributed by atoms with Gasteiger partial charge in [0.25, 0.3) is 0 Å². The van der Waals surface area contributed by atoms with Gasteiger partial charge in [0.15, 0.2) is 5.58 Å². The van der Waals surface area contributed by atoms with Gasteiger partial charge in [0.2, 0.25) is 5.89 Å². The molecule has 1 aromatic carbocycles. The number of aromatic nitrogens is 3. The van der Waals surface area contributed by atoms with Crippen molar-refractivity contribution in [1.82, 2.24) is 14.4 Å². The Hall–Kier alpha value is -2.62. The fourth-order valence-electron chi connectivity index (χ4n) is 2.70. The number of nitrogens with zero attached hydrogens (tertiary/aromatic N) is 3. The van der Waals surface area contributed by atoms with Crippen molar-refractivity contribution in [3.63, 3.8) is 0 Å². The lowest BCUT2D eigenvalue weighted by molar-refractivity contribution is 0.614. The van der Waals surface area contributed by atoms with E-state index in [1.54, 1.807) is 6.20 Å². The number of pyridine rings is 1. The van der Waals surface area contributed by atoms with Crippen molar-refractivity contribution in [3.8, 4) is 11.6 Å². The predicted molar refractivity (Wildman–Crippen MR) is 82.3 cm³/mol. The third-order valence-electron chi connectivity index (χ3n) is 3.77. The second kappa shape index (κ2) is 4.45. The second-order valence-corrected chi connectivity index (χ2v) is 5.21. The van der Waals surface area contributed by atoms with Crippen LogP contribution in [0.1, 0.15) is 18.1 Å². The van der Waals surface area contributed by atoms with E-state index in [0.29, 0.717) is 5.89 Å². The first-order chi connectivity index (χ1) is 10.3. The zero-order valence-corrected chi connectivity index (χ0v) is 12.0. The Bertz CT molecular complexity index is 949. The summed E-state index contributed by atoms with van der Waals surface area (Å²) in [6.07, 6.45) is 4.66. The summed E-state index contributed by atoms with van der Waals surface area (Å²) >= 11 is 0. The van der Waals surface area contributed by atoms with Crippen LogP contribution in [0.5, 0.6) is 0 Å². The molecule has 0 spiro atoms. The van der Waals surface area contributed by atoms with Gasteiger partial charge < -0.3 is 4.42 Å². The molecule has 4 aromatic rings. The summed E-state index contributed by atoms with van der Waals surface area (Å²) in [6, 6.07) is 10.2. The molecule has 0 fully saturated rings. The van der Waals surface area contributed by atoms with Gasteiger partial charge in [0.05, 0.1) is 0 Å². The minimum Gasteiger partial charge on any atom is -0.435 e. The van der Waals surface area contributed by atoms with Crippen molar-refractivity contribution in [2.75, 3.05) is 0 Å². The molecule has 0 aliphatic heterocycles. The van der Waals surface area contributed by atoms with Crippen molar-refractivity contribution in [1.29, 1.82) is 0 Å². The molecule has 0 amide bonds. The summed E-state index contributed by atoms with van der Waals surface area (Å²) in [5.41, 5.74) is 5.98. The van der Waals surface area contributed by atoms with Gasteiger partial charge in [-0.1, -0.05) is 19.1 Å². The Morgan fingerprint density at radius 3 is 2.95 bits per heavy atom. The van der Waals surface area contributed by atoms with E-state index in [-0.39, 0.29) is 0 Å². The Morgan fingerprint density at radius 2 is 2.10 bits per heavy atom. The summed E-state index contributed by atoms with van der Waals surface area (Å²) in [7, 11) is 0. The first-order valence-corrected chi connectivity index (χ1v) is 7.09. The zero-order valence-electron chi connectivity index (χ0n) is 12.0. The number of imidazole rings is 1. The number of benzene rings is 1. The number of hydrogen-bond acceptors (Lipinski definition) is 3. The first kappa shape index (κ1) is 12.1. The van der Waals surface area contributed by atoms with E-state index >= 15 is 0 Å². The van der Waals surface area contributed by atoms with Crippen molar-refractivity contribution in [2.24, 2.45) is 0 Å². The van der Waals surface area contributed by atoms with E-state index in [1.807, 2.05) is 34.9 Å². The molecule has 0 unspecified atom stereocenters. The van der Waals surface area contributed by atoms with Crippen LogP contribution in [-0.2, 0) is 6.42 Å². The lowest BCUT2D eigenvalue weighted by Crippen LogP contribution is -1.97. The maximum atomic E-state index is 5.97. The summed E-state index contributed by atoms with van der Waals surface area (Å²) in [6.45, 7) is 4.19. The van der Waals surface area contributed by atoms with E-state index in [2.05, 4.69) is 29.9 Å². The van der Waals surface area contributed by atoms with Crippen LogP contribution in [-0.4, -0.2) is 14.4 Å². The van der Waals surface area contributed by atoms with E-state index in [0.717, 1.165) is 28.9 Å². The van der Waals surface area contributed by atoms with Crippen molar-refractivity contribution in [2.45, 2.75) is 20.3 Å². The molecule has 0 atom stereocenters. The predicted octanol–water partition coefficient (Wildman–Crippen LogP) is 4.01. The minimum absolute atomic E-state index is 0.649. The molecule has 0 aliphatic rings. The number of fused-ring (bicyclic) bond motifs is 2. The van der Waals surface area contributed by atoms with Crippen LogP contribution in [0.15, 0.2) is 47.1 Å². The van der Waals surface area contributed by atoms with Crippen LogP contribution < -0.4 is 0 Å². The smallest absolute Gasteiger partial charge is 0.244 e. The van der Waals surface area contributed by atoms with Gasteiger partial charge in [-0.25, -0.2) is 9.97 Å². The number of oxazole rings is 1. The molecule has 0 aliphatic carbocycles. The van der Waals surface area contributed by atoms with E-state index in [1.165, 1.54) is 11.1 Å². The van der Waals surface area contributed by atoms with Crippen molar-refractivity contribution < 1.29 is 4.42 Å². The van der Waals surface area contributed by atoms with Gasteiger partial charge in [-0.05, 0) is 42.7 Å². The molecule has 4 heteroatoms. The molecule has 4 nitrogen and oxygen atoms in total. The molecule has 3 heterocycles. The maximum absolute atomic E-state index is 5.97. The lowest BCUT2D eigenvalue weighted by atomic mass is 10.1. The molecule has 4 rings (SSSR count). The molecular weight excluding hydrogens is 262 g/mol. The Morgan fingerprint density at radius 1 is 1.19 bits per heavy atom. The monoisotopic (exact) mass is 277 g/mol. The van der Waals surface area contributed by atoms with Crippen LogP contribution in [0.2, 0.25) is 0 Å². The maximum Gasteiger partial charge on any atom is 0.244 e. The standard InChI is InChI=1S/C17H15N3O/c1-3-12-5-7-15-18-8-9-20(15)16(12)17-19-13-10-11(2)4-6-14(13)21-17/h4-10H,3H2,1-2H3. The van der Waals surface area contributed by atoms with Gasteiger partial charge in [-0.3, -0.25) is 4.40 Å². The third kappa shape index (κ3) is 1.83. The summed E-state index contributed by atoms with van der Waals surface area (Å²) < 4.78 is 8.01. The first-order valence-electron chi connectivity index (χ1n) is 7.09. The highest BCUT2D eigenvalue weighted by Gasteiger charge is 2.15. The van der Waals surface area contributed by atoms with Crippen molar-refractivity contribution >= 4 is 16.7 Å². The van der Waals surface area contributed by atoms with Crippen LogP contribution in [0, 0.1) is 6.92 Å². The number of aryl methyl sites for hydroxylation is 2. The Labute approximate surface area is 122 Å². The SMILES string of the molecule is CCc1ccc2nccn2c1-c1nc2cc(C)ccc2o1. The van der Waals surface area contributed by atoms with Crippen LogP contribution in [0.25, 0.3) is 28.3 Å². The van der Waals surface area contributed by atoms with Crippen molar-refractivity contribution in [3.05, 3.63) is 53.9 Å². The highest BCUT2D eigenvalue weighted by atomic mass is 16.3. The number of rotatable bonds is 2. The molecule has 21 heavy (non-hydrogen) atoms. The largest absolute Gasteiger partial charge is 0.435 e. The Balaban J connectivity index is 2.04. The summed E-state index contributed by atoms with van der Waals surface area (Å²) in [4.78, 5) is 9.01. The quantitative estimate of drug-likeness (QED) is 0.556. The van der Waals surface area contributed by atoms with E-state index < -0.39 is 0 Å². The zero-order chi connectivity index (χ0) is 14.4. The minimum atomic E-state index is 0.649. The third-order valence-corrected chi connectivity index (χ3v) is 3.77. The average Bonchev–Trinajstić information content (AvgIpc) is 3.11. The van der Waals surface area contributed by atoms with E-state index in [9.17, 15) is 0 Å². The Kier molecular flexibility index (Phi) is 2.57. The summed E-state index contributed by atoms with van der Waals surface area (Å²) in [5.74, 6) is 0.649. The molecule has 0 saturated carbocycles. The second-order valence-electron chi connectivity index (χ2n) is 5.21. The van der Waals surface area contributed by atoms with Gasteiger partial charge in [0.1, 0.15) is 16.9 Å². The molecule has 104 valence electrons. The van der Waals surface area contributed by atoms with Gasteiger partial charge in [0, 0.05) is 12.4 Å². The fourth-order valence-corrected chi connectivity index (χ4v) is 2.70. The van der Waals surface area contributed by atoms with Gasteiger partial charge in [-0.2, -0.15) is 0 Å². The van der Waals surface area contributed by atoms with E-state index in [4.69, 9.17) is 4.42 Å². The molecule has 0 radical (unpaired) electrons. The van der Waals surface area contributed by atoms with Crippen LogP contribution in [0.4, 0.5) is 0 Å². The normalized spacial score (nSPS) is 11.5. The molecule has 0 N–H and O–H groups in total. The van der Waals surface area contributed by atoms with Gasteiger partial charge in [-0.15, -0.1) is 0 Å². The van der Waals surface area contributed by atoms with Crippen LogP contribution >= 0.6 is 0 Å². The molecule has 0 bridgehead atoms. The number of hydrogen-bond donors (Lipinski definition) is 0. The fraction of sp³-hybridized carbons (Fsp3) is 0.176.